The van der Waals surface area contributed by atoms with Crippen LogP contribution >= 0.6 is 0 Å². The topological polar surface area (TPSA) is 46.8 Å². The maximum atomic E-state index is 13.3. The Kier molecular flexibility index (Phi) is 4.84. The summed E-state index contributed by atoms with van der Waals surface area (Å²) in [5, 5.41) is 0. The Labute approximate surface area is 159 Å². The number of fused-ring (bicyclic) bond motifs is 1. The lowest BCUT2D eigenvalue weighted by atomic mass is 10.0. The van der Waals surface area contributed by atoms with E-state index in [0.29, 0.717) is 5.69 Å². The van der Waals surface area contributed by atoms with Gasteiger partial charge in [-0.1, -0.05) is 25.0 Å². The summed E-state index contributed by atoms with van der Waals surface area (Å²) in [6.45, 7) is 2.80. The first kappa shape index (κ1) is 17.6. The third kappa shape index (κ3) is 3.54. The van der Waals surface area contributed by atoms with Gasteiger partial charge in [-0.05, 0) is 55.2 Å². The molecule has 0 radical (unpaired) electrons. The van der Waals surface area contributed by atoms with Gasteiger partial charge in [0.1, 0.15) is 17.1 Å². The summed E-state index contributed by atoms with van der Waals surface area (Å²) in [4.78, 5) is 19.9. The van der Waals surface area contributed by atoms with Crippen LogP contribution in [0.25, 0.3) is 5.65 Å². The molecule has 1 unspecified atom stereocenters. The van der Waals surface area contributed by atoms with Gasteiger partial charge in [0, 0.05) is 18.9 Å². The van der Waals surface area contributed by atoms with E-state index >= 15 is 0 Å². The molecule has 0 aliphatic carbocycles. The average molecular weight is 363 g/mol. The van der Waals surface area contributed by atoms with Crippen LogP contribution in [0.15, 0.2) is 48.8 Å². The molecule has 2 aromatic heterocycles. The fraction of sp³-hybridized carbons (Fsp3) is 0.364. The van der Waals surface area contributed by atoms with Crippen molar-refractivity contribution in [3.05, 3.63) is 65.6 Å². The van der Waals surface area contributed by atoms with Crippen molar-refractivity contribution < 1.29 is 9.53 Å². The van der Waals surface area contributed by atoms with Crippen LogP contribution in [0.5, 0.6) is 5.75 Å². The van der Waals surface area contributed by atoms with E-state index in [9.17, 15) is 4.79 Å². The molecule has 140 valence electrons. The van der Waals surface area contributed by atoms with Gasteiger partial charge in [-0.25, -0.2) is 4.98 Å². The minimum absolute atomic E-state index is 0.0130. The molecule has 0 N–H and O–H groups in total. The Morgan fingerprint density at radius 1 is 1.15 bits per heavy atom. The molecule has 4 rings (SSSR count). The van der Waals surface area contributed by atoms with Gasteiger partial charge >= 0.3 is 0 Å². The molecular weight excluding hydrogens is 338 g/mol. The van der Waals surface area contributed by atoms with E-state index in [0.717, 1.165) is 54.8 Å². The third-order valence-electron chi connectivity index (χ3n) is 5.35. The van der Waals surface area contributed by atoms with E-state index in [1.165, 1.54) is 0 Å². The molecule has 5 heteroatoms. The number of carbonyl (C=O) groups is 1. The summed E-state index contributed by atoms with van der Waals surface area (Å²) < 4.78 is 7.19. The van der Waals surface area contributed by atoms with Crippen LogP contribution in [0, 0.1) is 6.92 Å². The van der Waals surface area contributed by atoms with Gasteiger partial charge in [-0.15, -0.1) is 0 Å². The van der Waals surface area contributed by atoms with Gasteiger partial charge < -0.3 is 14.0 Å². The first-order chi connectivity index (χ1) is 13.2. The molecule has 3 aromatic rings. The highest BCUT2D eigenvalue weighted by molar-refractivity contribution is 5.93. The van der Waals surface area contributed by atoms with Crippen LogP contribution in [0.1, 0.15) is 53.3 Å². The number of likely N-dealkylation sites (tertiary alicyclic amines) is 1. The van der Waals surface area contributed by atoms with E-state index in [2.05, 4.69) is 17.1 Å². The molecule has 0 bridgehead atoms. The fourth-order valence-corrected chi connectivity index (χ4v) is 3.86. The highest BCUT2D eigenvalue weighted by atomic mass is 16.5. The number of aromatic nitrogens is 2. The van der Waals surface area contributed by atoms with Crippen LogP contribution in [-0.2, 0) is 0 Å². The quantitative estimate of drug-likeness (QED) is 0.692. The molecule has 1 amide bonds. The molecule has 0 spiro atoms. The molecule has 1 fully saturated rings. The van der Waals surface area contributed by atoms with E-state index in [1.54, 1.807) is 7.11 Å². The number of pyridine rings is 1. The Hall–Kier alpha value is -2.82. The number of rotatable bonds is 3. The summed E-state index contributed by atoms with van der Waals surface area (Å²) in [7, 11) is 1.67. The van der Waals surface area contributed by atoms with Gasteiger partial charge in [-0.2, -0.15) is 0 Å². The van der Waals surface area contributed by atoms with Gasteiger partial charge in [0.2, 0.25) is 0 Å². The zero-order chi connectivity index (χ0) is 18.8. The maximum Gasteiger partial charge on any atom is 0.274 e. The van der Waals surface area contributed by atoms with Crippen LogP contribution in [0.3, 0.4) is 0 Å². The summed E-state index contributed by atoms with van der Waals surface area (Å²) in [6, 6.07) is 12.2. The number of carbonyl (C=O) groups excluding carboxylic acids is 1. The van der Waals surface area contributed by atoms with E-state index in [1.807, 2.05) is 52.9 Å². The lowest BCUT2D eigenvalue weighted by Gasteiger charge is -2.30. The van der Waals surface area contributed by atoms with Gasteiger partial charge in [-0.3, -0.25) is 4.79 Å². The Morgan fingerprint density at radius 3 is 2.74 bits per heavy atom. The molecule has 0 saturated carbocycles. The highest BCUT2D eigenvalue weighted by Gasteiger charge is 2.29. The number of benzene rings is 1. The standard InChI is InChI=1S/C22H25N3O2/c1-16-11-13-24-15-19(23-21(24)14-16)22(26)25-12-5-3-4-6-20(25)17-7-9-18(27-2)10-8-17/h7-11,13-15,20H,3-6,12H2,1-2H3. The fourth-order valence-electron chi connectivity index (χ4n) is 3.86. The summed E-state index contributed by atoms with van der Waals surface area (Å²) in [5.41, 5.74) is 3.62. The van der Waals surface area contributed by atoms with Crippen LogP contribution in [0.2, 0.25) is 0 Å². The van der Waals surface area contributed by atoms with Crippen LogP contribution in [-0.4, -0.2) is 33.8 Å². The number of methoxy groups -OCH3 is 1. The summed E-state index contributed by atoms with van der Waals surface area (Å²) >= 11 is 0. The summed E-state index contributed by atoms with van der Waals surface area (Å²) in [6.07, 6.45) is 8.09. The van der Waals surface area contributed by atoms with Crippen LogP contribution < -0.4 is 4.74 Å². The molecule has 5 nitrogen and oxygen atoms in total. The molecule has 1 aliphatic rings. The molecule has 1 aliphatic heterocycles. The second kappa shape index (κ2) is 7.43. The lowest BCUT2D eigenvalue weighted by molar-refractivity contribution is 0.0675. The number of nitrogens with zero attached hydrogens (tertiary/aromatic N) is 3. The van der Waals surface area contributed by atoms with Crippen molar-refractivity contribution >= 4 is 11.6 Å². The minimum Gasteiger partial charge on any atom is -0.497 e. The highest BCUT2D eigenvalue weighted by Crippen LogP contribution is 2.32. The second-order valence-electron chi connectivity index (χ2n) is 7.23. The Bertz CT molecular complexity index is 946. The number of amides is 1. The Balaban J connectivity index is 1.66. The molecule has 1 aromatic carbocycles. The smallest absolute Gasteiger partial charge is 0.274 e. The third-order valence-corrected chi connectivity index (χ3v) is 5.35. The van der Waals surface area contributed by atoms with Crippen molar-refractivity contribution in [1.82, 2.24) is 14.3 Å². The number of hydrogen-bond donors (Lipinski definition) is 0. The van der Waals surface area contributed by atoms with Crippen molar-refractivity contribution in [2.45, 2.75) is 38.6 Å². The Morgan fingerprint density at radius 2 is 1.96 bits per heavy atom. The summed E-state index contributed by atoms with van der Waals surface area (Å²) in [5.74, 6) is 0.847. The molecular formula is C22H25N3O2. The zero-order valence-corrected chi connectivity index (χ0v) is 15.9. The van der Waals surface area contributed by atoms with Crippen molar-refractivity contribution in [3.8, 4) is 5.75 Å². The second-order valence-corrected chi connectivity index (χ2v) is 7.23. The first-order valence-electron chi connectivity index (χ1n) is 9.56. The molecule has 1 atom stereocenters. The first-order valence-corrected chi connectivity index (χ1v) is 9.56. The number of aryl methyl sites for hydroxylation is 1. The van der Waals surface area contributed by atoms with Crippen molar-refractivity contribution in [2.24, 2.45) is 0 Å². The van der Waals surface area contributed by atoms with E-state index < -0.39 is 0 Å². The SMILES string of the molecule is COc1ccc(C2CCCCCN2C(=O)c2cn3ccc(C)cc3n2)cc1. The number of hydrogen-bond acceptors (Lipinski definition) is 3. The molecule has 1 saturated heterocycles. The molecule has 3 heterocycles. The monoisotopic (exact) mass is 363 g/mol. The predicted octanol–water partition coefficient (Wildman–Crippen LogP) is 4.41. The number of imidazole rings is 1. The predicted molar refractivity (Wildman–Crippen MR) is 105 cm³/mol. The van der Waals surface area contributed by atoms with E-state index in [-0.39, 0.29) is 11.9 Å². The van der Waals surface area contributed by atoms with E-state index in [4.69, 9.17) is 4.74 Å². The maximum absolute atomic E-state index is 13.3. The normalized spacial score (nSPS) is 17.7. The van der Waals surface area contributed by atoms with Crippen molar-refractivity contribution in [2.75, 3.05) is 13.7 Å². The average Bonchev–Trinajstić information content (AvgIpc) is 2.95. The van der Waals surface area contributed by atoms with Gasteiger partial charge in [0.25, 0.3) is 5.91 Å². The zero-order valence-electron chi connectivity index (χ0n) is 15.9. The van der Waals surface area contributed by atoms with Crippen LogP contribution in [0.4, 0.5) is 0 Å². The minimum atomic E-state index is 0.0130. The largest absolute Gasteiger partial charge is 0.497 e. The van der Waals surface area contributed by atoms with Gasteiger partial charge in [0.05, 0.1) is 13.2 Å². The van der Waals surface area contributed by atoms with Crippen molar-refractivity contribution in [1.29, 1.82) is 0 Å². The molecule has 27 heavy (non-hydrogen) atoms. The van der Waals surface area contributed by atoms with Gasteiger partial charge in [0.15, 0.2) is 0 Å². The lowest BCUT2D eigenvalue weighted by Crippen LogP contribution is -2.35. The van der Waals surface area contributed by atoms with Crippen molar-refractivity contribution in [3.63, 3.8) is 0 Å². The number of ether oxygens (including phenoxy) is 1.